The highest BCUT2D eigenvalue weighted by atomic mass is 79.9. The molecule has 0 saturated carbocycles. The van der Waals surface area contributed by atoms with Gasteiger partial charge in [0.15, 0.2) is 5.75 Å². The van der Waals surface area contributed by atoms with Crippen molar-refractivity contribution >= 4 is 27.8 Å². The Morgan fingerprint density at radius 2 is 2.13 bits per heavy atom. The van der Waals surface area contributed by atoms with Gasteiger partial charge in [0.1, 0.15) is 0 Å². The van der Waals surface area contributed by atoms with E-state index in [4.69, 9.17) is 4.74 Å². The molecule has 0 radical (unpaired) electrons. The first-order valence-electron chi connectivity index (χ1n) is 9.93. The number of nitrogens with zero attached hydrogens (tertiary/aromatic N) is 4. The molecule has 31 heavy (non-hydrogen) atoms. The maximum atomic E-state index is 13.7. The lowest BCUT2D eigenvalue weighted by molar-refractivity contribution is 0.0671. The summed E-state index contributed by atoms with van der Waals surface area (Å²) in [7, 11) is 3.22. The molecule has 1 atom stereocenters. The van der Waals surface area contributed by atoms with Crippen molar-refractivity contribution < 1.29 is 13.9 Å². The Kier molecular flexibility index (Phi) is 5.95. The first-order chi connectivity index (χ1) is 14.9. The topological polar surface area (TPSA) is 72.3 Å². The maximum absolute atomic E-state index is 13.7. The molecule has 1 aromatic carbocycles. The molecule has 3 aromatic rings. The number of benzene rings is 1. The number of anilines is 1. The number of hydrogen-bond acceptors (Lipinski definition) is 5. The maximum Gasteiger partial charge on any atom is 0.255 e. The van der Waals surface area contributed by atoms with Crippen LogP contribution in [0, 0.1) is 5.95 Å². The fraction of sp³-hybridized carbons (Fsp3) is 0.318. The van der Waals surface area contributed by atoms with Gasteiger partial charge in [0.05, 0.1) is 19.7 Å². The number of amides is 1. The average Bonchev–Trinajstić information content (AvgIpc) is 3.21. The SMILES string of the molecule is CNc1nccn1Cc1cc(Br)c2c(c1)C(=O)N(C(C)c1cnc(F)c(OC)c1)CC2. The summed E-state index contributed by atoms with van der Waals surface area (Å²) in [4.78, 5) is 23.3. The van der Waals surface area contributed by atoms with Gasteiger partial charge in [-0.25, -0.2) is 9.97 Å². The second-order valence-corrected chi connectivity index (χ2v) is 8.27. The summed E-state index contributed by atoms with van der Waals surface area (Å²) >= 11 is 3.65. The van der Waals surface area contributed by atoms with Crippen LogP contribution in [0.5, 0.6) is 5.75 Å². The van der Waals surface area contributed by atoms with E-state index in [0.717, 1.165) is 33.5 Å². The number of hydrogen-bond donors (Lipinski definition) is 1. The zero-order valence-corrected chi connectivity index (χ0v) is 19.1. The molecule has 1 amide bonds. The molecule has 0 fully saturated rings. The van der Waals surface area contributed by atoms with Gasteiger partial charge in [-0.2, -0.15) is 4.39 Å². The van der Waals surface area contributed by atoms with Gasteiger partial charge in [-0.15, -0.1) is 0 Å². The predicted molar refractivity (Wildman–Crippen MR) is 119 cm³/mol. The minimum absolute atomic E-state index is 0.0564. The van der Waals surface area contributed by atoms with E-state index in [1.54, 1.807) is 17.2 Å². The third-order valence-corrected chi connectivity index (χ3v) is 6.35. The van der Waals surface area contributed by atoms with Gasteiger partial charge in [0.2, 0.25) is 5.95 Å². The van der Waals surface area contributed by atoms with Crippen molar-refractivity contribution in [3.05, 3.63) is 69.5 Å². The summed E-state index contributed by atoms with van der Waals surface area (Å²) < 4.78 is 21.7. The molecule has 2 aromatic heterocycles. The first kappa shape index (κ1) is 21.3. The lowest BCUT2D eigenvalue weighted by atomic mass is 9.94. The van der Waals surface area contributed by atoms with Crippen molar-refractivity contribution in [2.45, 2.75) is 25.9 Å². The van der Waals surface area contributed by atoms with Crippen LogP contribution in [-0.4, -0.2) is 46.0 Å². The van der Waals surface area contributed by atoms with Crippen LogP contribution in [0.1, 0.15) is 40.0 Å². The van der Waals surface area contributed by atoms with Crippen LogP contribution in [0.4, 0.5) is 10.3 Å². The molecule has 0 saturated heterocycles. The van der Waals surface area contributed by atoms with E-state index >= 15 is 0 Å². The number of carbonyl (C=O) groups excluding carboxylic acids is 1. The van der Waals surface area contributed by atoms with Crippen LogP contribution in [0.2, 0.25) is 0 Å². The van der Waals surface area contributed by atoms with E-state index in [1.165, 1.54) is 13.3 Å². The molecule has 7 nitrogen and oxygen atoms in total. The molecule has 9 heteroatoms. The van der Waals surface area contributed by atoms with Crippen molar-refractivity contribution in [2.75, 3.05) is 26.0 Å². The van der Waals surface area contributed by atoms with Gasteiger partial charge in [0, 0.05) is 42.2 Å². The first-order valence-corrected chi connectivity index (χ1v) is 10.7. The highest BCUT2D eigenvalue weighted by Crippen LogP contribution is 2.33. The fourth-order valence-electron chi connectivity index (χ4n) is 3.94. The summed E-state index contributed by atoms with van der Waals surface area (Å²) in [5.74, 6) is 0.106. The molecule has 0 bridgehead atoms. The number of ether oxygens (including phenoxy) is 1. The number of rotatable bonds is 6. The van der Waals surface area contributed by atoms with Gasteiger partial charge in [-0.1, -0.05) is 15.9 Å². The summed E-state index contributed by atoms with van der Waals surface area (Å²) in [5, 5.41) is 3.06. The zero-order chi connectivity index (χ0) is 22.1. The number of carbonyl (C=O) groups is 1. The molecule has 1 N–H and O–H groups in total. The monoisotopic (exact) mass is 487 g/mol. The molecule has 1 aliphatic rings. The highest BCUT2D eigenvalue weighted by molar-refractivity contribution is 9.10. The van der Waals surface area contributed by atoms with Crippen molar-refractivity contribution in [3.8, 4) is 5.75 Å². The van der Waals surface area contributed by atoms with Crippen molar-refractivity contribution in [2.24, 2.45) is 0 Å². The number of methoxy groups -OCH3 is 1. The zero-order valence-electron chi connectivity index (χ0n) is 17.5. The van der Waals surface area contributed by atoms with Crippen LogP contribution < -0.4 is 10.1 Å². The largest absolute Gasteiger partial charge is 0.492 e. The lowest BCUT2D eigenvalue weighted by Gasteiger charge is -2.34. The molecule has 162 valence electrons. The lowest BCUT2D eigenvalue weighted by Crippen LogP contribution is -2.39. The highest BCUT2D eigenvalue weighted by Gasteiger charge is 2.30. The van der Waals surface area contributed by atoms with Crippen molar-refractivity contribution in [3.63, 3.8) is 0 Å². The van der Waals surface area contributed by atoms with Gasteiger partial charge in [-0.3, -0.25) is 4.79 Å². The normalized spacial score (nSPS) is 14.4. The average molecular weight is 488 g/mol. The summed E-state index contributed by atoms with van der Waals surface area (Å²) in [6.07, 6.45) is 5.81. The Labute approximate surface area is 188 Å². The van der Waals surface area contributed by atoms with Crippen LogP contribution >= 0.6 is 15.9 Å². The van der Waals surface area contributed by atoms with Gasteiger partial charge < -0.3 is 19.5 Å². The number of pyridine rings is 1. The number of halogens is 2. The Hall–Kier alpha value is -2.94. The summed E-state index contributed by atoms with van der Waals surface area (Å²) in [6, 6.07) is 5.33. The second kappa shape index (κ2) is 8.66. The molecule has 4 rings (SSSR count). The van der Waals surface area contributed by atoms with E-state index in [2.05, 4.69) is 37.3 Å². The van der Waals surface area contributed by atoms with Crippen molar-refractivity contribution in [1.29, 1.82) is 0 Å². The molecular weight excluding hydrogens is 465 g/mol. The minimum atomic E-state index is -0.664. The minimum Gasteiger partial charge on any atom is -0.492 e. The number of fused-ring (bicyclic) bond motifs is 1. The number of imidazole rings is 1. The molecular formula is C22H23BrFN5O2. The third-order valence-electron chi connectivity index (χ3n) is 5.64. The van der Waals surface area contributed by atoms with Crippen LogP contribution in [0.25, 0.3) is 0 Å². The van der Waals surface area contributed by atoms with E-state index in [-0.39, 0.29) is 17.7 Å². The fourth-order valence-corrected chi connectivity index (χ4v) is 4.65. The smallest absolute Gasteiger partial charge is 0.255 e. The number of nitrogens with one attached hydrogen (secondary N) is 1. The predicted octanol–water partition coefficient (Wildman–Crippen LogP) is 4.04. The van der Waals surface area contributed by atoms with Crippen LogP contribution in [0.15, 0.2) is 41.3 Å². The van der Waals surface area contributed by atoms with E-state index in [1.807, 2.05) is 30.8 Å². The van der Waals surface area contributed by atoms with E-state index in [0.29, 0.717) is 18.7 Å². The third kappa shape index (κ3) is 4.01. The number of aromatic nitrogens is 3. The Morgan fingerprint density at radius 1 is 1.32 bits per heavy atom. The van der Waals surface area contributed by atoms with Gasteiger partial charge in [-0.05, 0) is 48.2 Å². The Morgan fingerprint density at radius 3 is 2.87 bits per heavy atom. The van der Waals surface area contributed by atoms with E-state index in [9.17, 15) is 9.18 Å². The van der Waals surface area contributed by atoms with Crippen LogP contribution in [-0.2, 0) is 13.0 Å². The standard InChI is InChI=1S/C22H23BrFN5O2/c1-13(15-10-19(31-3)20(24)27-11-15)29-6-4-16-17(21(29)30)8-14(9-18(16)23)12-28-7-5-26-22(28)25-2/h5,7-11,13H,4,6,12H2,1-3H3,(H,25,26). The second-order valence-electron chi connectivity index (χ2n) is 7.42. The molecule has 1 aliphatic heterocycles. The van der Waals surface area contributed by atoms with Crippen LogP contribution in [0.3, 0.4) is 0 Å². The van der Waals surface area contributed by atoms with Gasteiger partial charge >= 0.3 is 0 Å². The van der Waals surface area contributed by atoms with Gasteiger partial charge in [0.25, 0.3) is 11.9 Å². The molecule has 0 aliphatic carbocycles. The quantitative estimate of drug-likeness (QED) is 0.531. The van der Waals surface area contributed by atoms with Crippen molar-refractivity contribution in [1.82, 2.24) is 19.4 Å². The molecule has 0 spiro atoms. The Balaban J connectivity index is 1.64. The molecule has 1 unspecified atom stereocenters. The summed E-state index contributed by atoms with van der Waals surface area (Å²) in [5.41, 5.74) is 3.40. The summed E-state index contributed by atoms with van der Waals surface area (Å²) in [6.45, 7) is 3.07. The Bertz CT molecular complexity index is 1130. The van der Waals surface area contributed by atoms with E-state index < -0.39 is 5.95 Å². The molecule has 3 heterocycles.